The molecule has 0 spiro atoms. The van der Waals surface area contributed by atoms with Crippen molar-refractivity contribution in [2.24, 2.45) is 0 Å². The molecule has 0 unspecified atom stereocenters. The Kier molecular flexibility index (Phi) is 4.43. The smallest absolute Gasteiger partial charge is 0.320 e. The Hall–Kier alpha value is -3.09. The van der Waals surface area contributed by atoms with Gasteiger partial charge in [-0.15, -0.1) is 0 Å². The highest BCUT2D eigenvalue weighted by molar-refractivity contribution is 5.83. The Morgan fingerprint density at radius 1 is 1.00 bits per heavy atom. The first-order valence-corrected chi connectivity index (χ1v) is 8.79. The summed E-state index contributed by atoms with van der Waals surface area (Å²) in [5, 5.41) is 10.3. The summed E-state index contributed by atoms with van der Waals surface area (Å²) in [6, 6.07) is 8.38. The second-order valence-electron chi connectivity index (χ2n) is 6.40. The number of aromatic hydroxyl groups is 1. The summed E-state index contributed by atoms with van der Waals surface area (Å²) >= 11 is 0. The molecule has 2 aliphatic rings. The third-order valence-corrected chi connectivity index (χ3v) is 4.46. The van der Waals surface area contributed by atoms with Crippen molar-refractivity contribution in [1.82, 2.24) is 19.5 Å². The minimum Gasteiger partial charge on any atom is -0.480 e. The molecule has 5 rings (SSSR count). The van der Waals surface area contributed by atoms with Crippen LogP contribution in [-0.4, -0.2) is 31.2 Å². The number of anilines is 1. The van der Waals surface area contributed by atoms with Gasteiger partial charge in [0, 0.05) is 0 Å². The number of nitrogen functional groups attached to an aromatic ring is 1. The van der Waals surface area contributed by atoms with Gasteiger partial charge >= 0.3 is 6.01 Å². The van der Waals surface area contributed by atoms with Gasteiger partial charge < -0.3 is 15.6 Å². The average Bonchev–Trinajstić information content (AvgIpc) is 2.95. The van der Waals surface area contributed by atoms with Crippen LogP contribution in [-0.2, 0) is 13.0 Å². The second-order valence-corrected chi connectivity index (χ2v) is 6.40. The number of hydrogen-bond donors (Lipinski definition) is 2. The summed E-state index contributed by atoms with van der Waals surface area (Å²) in [5.74, 6) is 0.204. The molecule has 1 aromatic carbocycles. The van der Waals surface area contributed by atoms with Gasteiger partial charge in [0.2, 0.25) is 0 Å². The van der Waals surface area contributed by atoms with Crippen molar-refractivity contribution in [3.8, 4) is 12.0 Å². The lowest BCUT2D eigenvalue weighted by molar-refractivity contribution is 0.285. The van der Waals surface area contributed by atoms with E-state index in [0.717, 1.165) is 31.2 Å². The molecular weight excluding hydrogens is 330 g/mol. The van der Waals surface area contributed by atoms with E-state index in [-0.39, 0.29) is 17.8 Å². The predicted molar refractivity (Wildman–Crippen MR) is 99.1 cm³/mol. The van der Waals surface area contributed by atoms with Crippen LogP contribution in [0.1, 0.15) is 30.4 Å². The molecule has 0 aliphatic carbocycles. The standard InChI is InChI=1S/C19H21N5O2/c20-16-15-17-23-18(22-16)26-11-5-3-1-2-4-6-13-7-9-14(10-8-13)12-24(17)19(25)21-15/h2,4,7-10H,1,3,5-6,11-12H2,(H,21,25)(H2,20,22,23)/b4-2+. The molecule has 7 heteroatoms. The third-order valence-electron chi connectivity index (χ3n) is 4.46. The van der Waals surface area contributed by atoms with Crippen molar-refractivity contribution in [1.29, 1.82) is 0 Å². The molecule has 0 saturated heterocycles. The fraction of sp³-hybridized carbons (Fsp3) is 0.316. The van der Waals surface area contributed by atoms with E-state index in [9.17, 15) is 5.11 Å². The van der Waals surface area contributed by atoms with Crippen molar-refractivity contribution in [3.63, 3.8) is 0 Å². The van der Waals surface area contributed by atoms with Crippen molar-refractivity contribution in [3.05, 3.63) is 47.5 Å². The monoisotopic (exact) mass is 351 g/mol. The van der Waals surface area contributed by atoms with E-state index in [2.05, 4.69) is 51.4 Å². The maximum atomic E-state index is 10.3. The van der Waals surface area contributed by atoms with Crippen molar-refractivity contribution in [2.75, 3.05) is 12.3 Å². The number of imidazole rings is 1. The zero-order chi connectivity index (χ0) is 17.9. The molecule has 134 valence electrons. The Bertz CT molecular complexity index is 947. The molecule has 2 aliphatic heterocycles. The normalized spacial score (nSPS) is 16.5. The highest BCUT2D eigenvalue weighted by atomic mass is 16.5. The van der Waals surface area contributed by atoms with Crippen LogP contribution in [0.2, 0.25) is 0 Å². The van der Waals surface area contributed by atoms with Gasteiger partial charge in [-0.3, -0.25) is 4.57 Å². The number of fused-ring (bicyclic) bond motifs is 8. The molecule has 0 fully saturated rings. The van der Waals surface area contributed by atoms with Gasteiger partial charge in [0.25, 0.3) is 6.01 Å². The second kappa shape index (κ2) is 7.03. The molecule has 4 bridgehead atoms. The van der Waals surface area contributed by atoms with E-state index < -0.39 is 0 Å². The minimum absolute atomic E-state index is 0.136. The zero-order valence-electron chi connectivity index (χ0n) is 14.4. The van der Waals surface area contributed by atoms with Gasteiger partial charge in [-0.25, -0.2) is 0 Å². The molecule has 0 atom stereocenters. The van der Waals surface area contributed by atoms with E-state index in [1.165, 1.54) is 5.56 Å². The van der Waals surface area contributed by atoms with E-state index in [0.29, 0.717) is 24.3 Å². The van der Waals surface area contributed by atoms with Crippen LogP contribution in [0.15, 0.2) is 36.4 Å². The van der Waals surface area contributed by atoms with E-state index in [4.69, 9.17) is 10.5 Å². The first-order chi connectivity index (χ1) is 12.7. The number of nitrogens with zero attached hydrogens (tertiary/aromatic N) is 4. The number of ether oxygens (including phenoxy) is 1. The fourth-order valence-corrected chi connectivity index (χ4v) is 3.03. The first kappa shape index (κ1) is 16.4. The molecule has 2 aromatic heterocycles. The molecule has 3 N–H and O–H groups in total. The van der Waals surface area contributed by atoms with Crippen LogP contribution in [0.5, 0.6) is 12.0 Å². The highest BCUT2D eigenvalue weighted by Crippen LogP contribution is 2.26. The van der Waals surface area contributed by atoms with Crippen LogP contribution >= 0.6 is 0 Å². The average molecular weight is 351 g/mol. The molecule has 0 saturated carbocycles. The lowest BCUT2D eigenvalue weighted by Gasteiger charge is -2.08. The van der Waals surface area contributed by atoms with Crippen molar-refractivity contribution in [2.45, 2.75) is 32.2 Å². The topological polar surface area (TPSA) is 99.1 Å². The minimum atomic E-state index is -0.136. The van der Waals surface area contributed by atoms with Gasteiger partial charge in [-0.2, -0.15) is 15.0 Å². The quantitative estimate of drug-likeness (QED) is 0.604. The van der Waals surface area contributed by atoms with Crippen molar-refractivity contribution < 1.29 is 9.84 Å². The van der Waals surface area contributed by atoms with Crippen molar-refractivity contribution >= 4 is 17.0 Å². The SMILES string of the molecule is Nc1nc2nc3c1nc(O)n3Cc1ccc(cc1)C/C=C/CCCCO2. The summed E-state index contributed by atoms with van der Waals surface area (Å²) in [7, 11) is 0. The maximum absolute atomic E-state index is 10.3. The van der Waals surface area contributed by atoms with Gasteiger partial charge in [0.15, 0.2) is 17.0 Å². The summed E-state index contributed by atoms with van der Waals surface area (Å²) in [4.78, 5) is 12.7. The van der Waals surface area contributed by atoms with Gasteiger partial charge in [-0.05, 0) is 36.8 Å². The van der Waals surface area contributed by atoms with Crippen LogP contribution in [0.25, 0.3) is 11.2 Å². The third kappa shape index (κ3) is 3.33. The lowest BCUT2D eigenvalue weighted by atomic mass is 10.1. The van der Waals surface area contributed by atoms with Crippen LogP contribution in [0, 0.1) is 0 Å². The fourth-order valence-electron chi connectivity index (χ4n) is 3.03. The van der Waals surface area contributed by atoms with Crippen LogP contribution < -0.4 is 10.5 Å². The van der Waals surface area contributed by atoms with Crippen LogP contribution in [0.4, 0.5) is 5.82 Å². The molecular formula is C19H21N5O2. The number of rotatable bonds is 0. The number of hydrogen-bond acceptors (Lipinski definition) is 6. The highest BCUT2D eigenvalue weighted by Gasteiger charge is 2.17. The Morgan fingerprint density at radius 2 is 1.81 bits per heavy atom. The first-order valence-electron chi connectivity index (χ1n) is 8.79. The molecule has 4 heterocycles. The van der Waals surface area contributed by atoms with Gasteiger partial charge in [0.1, 0.15) is 0 Å². The number of aromatic nitrogens is 4. The Morgan fingerprint density at radius 3 is 2.65 bits per heavy atom. The van der Waals surface area contributed by atoms with Crippen LogP contribution in [0.3, 0.4) is 0 Å². The predicted octanol–water partition coefficient (Wildman–Crippen LogP) is 2.82. The Balaban J connectivity index is 1.76. The summed E-state index contributed by atoms with van der Waals surface area (Å²) in [6.45, 7) is 0.963. The molecule has 0 radical (unpaired) electrons. The van der Waals surface area contributed by atoms with E-state index >= 15 is 0 Å². The van der Waals surface area contributed by atoms with Gasteiger partial charge in [-0.1, -0.05) is 36.4 Å². The van der Waals surface area contributed by atoms with Gasteiger partial charge in [0.05, 0.1) is 13.2 Å². The zero-order valence-corrected chi connectivity index (χ0v) is 14.4. The Labute approximate surface area is 151 Å². The summed E-state index contributed by atoms with van der Waals surface area (Å²) < 4.78 is 7.27. The van der Waals surface area contributed by atoms with E-state index in [1.807, 2.05) is 0 Å². The largest absolute Gasteiger partial charge is 0.480 e. The number of allylic oxidation sites excluding steroid dienone is 2. The molecule has 26 heavy (non-hydrogen) atoms. The molecule has 0 amide bonds. The number of nitrogens with two attached hydrogens (primary N) is 1. The van der Waals surface area contributed by atoms with E-state index in [1.54, 1.807) is 4.57 Å². The summed E-state index contributed by atoms with van der Waals surface area (Å²) in [5.41, 5.74) is 9.13. The number of benzene rings is 1. The molecule has 3 aromatic rings. The molecule has 7 nitrogen and oxygen atoms in total. The maximum Gasteiger partial charge on any atom is 0.320 e. The summed E-state index contributed by atoms with van der Waals surface area (Å²) in [6.07, 6.45) is 8.29. The lowest BCUT2D eigenvalue weighted by Crippen LogP contribution is -2.06.